The van der Waals surface area contributed by atoms with Crippen LogP contribution in [0.4, 0.5) is 4.39 Å². The summed E-state index contributed by atoms with van der Waals surface area (Å²) < 4.78 is 20.2. The minimum Gasteiger partial charge on any atom is -0.492 e. The zero-order chi connectivity index (χ0) is 13.0. The Hall–Kier alpha value is -1.95. The van der Waals surface area contributed by atoms with Gasteiger partial charge in [0.25, 0.3) is 0 Å². The van der Waals surface area contributed by atoms with Crippen molar-refractivity contribution in [3.8, 4) is 5.75 Å². The van der Waals surface area contributed by atoms with Gasteiger partial charge in [-0.25, -0.2) is 9.07 Å². The molecule has 2 aromatic rings. The lowest BCUT2D eigenvalue weighted by Gasteiger charge is -2.06. The molecule has 0 saturated carbocycles. The summed E-state index contributed by atoms with van der Waals surface area (Å²) in [5, 5.41) is 7.77. The zero-order valence-corrected chi connectivity index (χ0v) is 10.1. The van der Waals surface area contributed by atoms with Crippen molar-refractivity contribution >= 4 is 0 Å². The second kappa shape index (κ2) is 5.59. The van der Waals surface area contributed by atoms with Crippen LogP contribution in [0.15, 0.2) is 24.4 Å². The molecule has 1 heterocycles. The topological polar surface area (TPSA) is 66.0 Å². The van der Waals surface area contributed by atoms with Crippen LogP contribution < -0.4 is 10.5 Å². The average Bonchev–Trinajstić information content (AvgIpc) is 2.82. The number of hydrogen-bond acceptors (Lipinski definition) is 4. The van der Waals surface area contributed by atoms with E-state index in [4.69, 9.17) is 10.5 Å². The molecule has 2 N–H and O–H groups in total. The highest BCUT2D eigenvalue weighted by molar-refractivity contribution is 5.28. The molecule has 0 amide bonds. The fraction of sp³-hybridized carbons (Fsp3) is 0.333. The predicted octanol–water partition coefficient (Wildman–Crippen LogP) is 1.26. The van der Waals surface area contributed by atoms with E-state index in [1.54, 1.807) is 29.9 Å². The minimum atomic E-state index is -0.230. The Balaban J connectivity index is 1.86. The zero-order valence-electron chi connectivity index (χ0n) is 10.1. The second-order valence-electron chi connectivity index (χ2n) is 3.94. The van der Waals surface area contributed by atoms with Gasteiger partial charge in [0.1, 0.15) is 18.2 Å². The summed E-state index contributed by atoms with van der Waals surface area (Å²) in [5.74, 6) is 0.416. The molecule has 2 rings (SSSR count). The van der Waals surface area contributed by atoms with Crippen molar-refractivity contribution in [2.75, 3.05) is 6.61 Å². The van der Waals surface area contributed by atoms with Gasteiger partial charge in [0.15, 0.2) is 0 Å². The molecule has 1 aromatic carbocycles. The van der Waals surface area contributed by atoms with Gasteiger partial charge in [0, 0.05) is 12.7 Å². The van der Waals surface area contributed by atoms with Crippen LogP contribution in [0.1, 0.15) is 11.3 Å². The number of aryl methyl sites for hydroxylation is 1. The van der Waals surface area contributed by atoms with Gasteiger partial charge in [0.2, 0.25) is 0 Å². The van der Waals surface area contributed by atoms with Crippen LogP contribution >= 0.6 is 0 Å². The van der Waals surface area contributed by atoms with Crippen LogP contribution in [0, 0.1) is 12.7 Å². The van der Waals surface area contributed by atoms with Crippen molar-refractivity contribution in [2.45, 2.75) is 20.0 Å². The van der Waals surface area contributed by atoms with Gasteiger partial charge in [0.05, 0.1) is 12.2 Å². The molecule has 0 aliphatic carbocycles. The molecular formula is C12H15FN4O. The van der Waals surface area contributed by atoms with Crippen molar-refractivity contribution in [3.05, 3.63) is 41.5 Å². The molecule has 18 heavy (non-hydrogen) atoms. The Labute approximate surface area is 104 Å². The average molecular weight is 250 g/mol. The Morgan fingerprint density at radius 2 is 2.28 bits per heavy atom. The first kappa shape index (κ1) is 12.5. The summed E-state index contributed by atoms with van der Waals surface area (Å²) in [5.41, 5.74) is 6.74. The molecule has 96 valence electrons. The van der Waals surface area contributed by atoms with Gasteiger partial charge < -0.3 is 10.5 Å². The summed E-state index contributed by atoms with van der Waals surface area (Å²) in [6.07, 6.45) is 1.78. The number of nitrogens with zero attached hydrogens (tertiary/aromatic N) is 3. The number of ether oxygens (including phenoxy) is 1. The maximum Gasteiger partial charge on any atom is 0.126 e. The molecule has 0 radical (unpaired) electrons. The maximum atomic E-state index is 13.0. The summed E-state index contributed by atoms with van der Waals surface area (Å²) >= 11 is 0. The van der Waals surface area contributed by atoms with Crippen LogP contribution in [0.3, 0.4) is 0 Å². The van der Waals surface area contributed by atoms with Gasteiger partial charge in [-0.1, -0.05) is 5.21 Å². The standard InChI is InChI=1S/C12H15FN4O/c1-9-6-11(2-3-12(9)13)18-5-4-17-8-10(7-14)15-16-17/h2-3,6,8H,4-5,7,14H2,1H3. The lowest BCUT2D eigenvalue weighted by atomic mass is 10.2. The molecule has 0 atom stereocenters. The van der Waals surface area contributed by atoms with Crippen molar-refractivity contribution in [1.82, 2.24) is 15.0 Å². The smallest absolute Gasteiger partial charge is 0.126 e. The van der Waals surface area contributed by atoms with E-state index in [-0.39, 0.29) is 5.82 Å². The van der Waals surface area contributed by atoms with Gasteiger partial charge in [-0.3, -0.25) is 0 Å². The van der Waals surface area contributed by atoms with Gasteiger partial charge in [-0.05, 0) is 30.7 Å². The fourth-order valence-corrected chi connectivity index (χ4v) is 1.51. The molecule has 0 bridgehead atoms. The summed E-state index contributed by atoms with van der Waals surface area (Å²) in [6.45, 7) is 3.09. The van der Waals surface area contributed by atoms with E-state index >= 15 is 0 Å². The molecule has 0 aliphatic heterocycles. The first-order valence-corrected chi connectivity index (χ1v) is 5.67. The Morgan fingerprint density at radius 3 is 2.94 bits per heavy atom. The molecule has 6 heteroatoms. The second-order valence-corrected chi connectivity index (χ2v) is 3.94. The van der Waals surface area contributed by atoms with Crippen molar-refractivity contribution in [1.29, 1.82) is 0 Å². The van der Waals surface area contributed by atoms with E-state index in [1.165, 1.54) is 6.07 Å². The van der Waals surface area contributed by atoms with Crippen molar-refractivity contribution in [3.63, 3.8) is 0 Å². The molecular weight excluding hydrogens is 235 g/mol. The largest absolute Gasteiger partial charge is 0.492 e. The molecule has 0 saturated heterocycles. The summed E-state index contributed by atoms with van der Waals surface area (Å²) in [7, 11) is 0. The van der Waals surface area contributed by atoms with Gasteiger partial charge >= 0.3 is 0 Å². The van der Waals surface area contributed by atoms with Crippen LogP contribution in [0.2, 0.25) is 0 Å². The number of benzene rings is 1. The van der Waals surface area contributed by atoms with E-state index in [1.807, 2.05) is 0 Å². The van der Waals surface area contributed by atoms with Gasteiger partial charge in [-0.2, -0.15) is 0 Å². The lowest BCUT2D eigenvalue weighted by Crippen LogP contribution is -2.09. The summed E-state index contributed by atoms with van der Waals surface area (Å²) in [4.78, 5) is 0. The SMILES string of the molecule is Cc1cc(OCCn2cc(CN)nn2)ccc1F. The third-order valence-corrected chi connectivity index (χ3v) is 2.51. The molecule has 0 aliphatic rings. The van der Waals surface area contributed by atoms with E-state index in [0.29, 0.717) is 31.0 Å². The molecule has 0 unspecified atom stereocenters. The highest BCUT2D eigenvalue weighted by Gasteiger charge is 2.01. The Kier molecular flexibility index (Phi) is 3.88. The van der Waals surface area contributed by atoms with Crippen molar-refractivity contribution in [2.24, 2.45) is 5.73 Å². The van der Waals surface area contributed by atoms with E-state index in [2.05, 4.69) is 10.3 Å². The third kappa shape index (κ3) is 3.04. The minimum absolute atomic E-state index is 0.230. The molecule has 0 spiro atoms. The molecule has 5 nitrogen and oxygen atoms in total. The van der Waals surface area contributed by atoms with E-state index in [9.17, 15) is 4.39 Å². The van der Waals surface area contributed by atoms with Crippen LogP contribution in [0.25, 0.3) is 0 Å². The monoisotopic (exact) mass is 250 g/mol. The first-order valence-electron chi connectivity index (χ1n) is 5.67. The lowest BCUT2D eigenvalue weighted by molar-refractivity contribution is 0.289. The molecule has 1 aromatic heterocycles. The number of rotatable bonds is 5. The number of nitrogens with two attached hydrogens (primary N) is 1. The number of hydrogen-bond donors (Lipinski definition) is 1. The van der Waals surface area contributed by atoms with Crippen LogP contribution in [0.5, 0.6) is 5.75 Å². The third-order valence-electron chi connectivity index (χ3n) is 2.51. The van der Waals surface area contributed by atoms with Crippen LogP contribution in [-0.2, 0) is 13.1 Å². The van der Waals surface area contributed by atoms with E-state index < -0.39 is 0 Å². The summed E-state index contributed by atoms with van der Waals surface area (Å²) in [6, 6.07) is 4.67. The van der Waals surface area contributed by atoms with Gasteiger partial charge in [-0.15, -0.1) is 5.10 Å². The van der Waals surface area contributed by atoms with Crippen LogP contribution in [-0.4, -0.2) is 21.6 Å². The molecule has 0 fully saturated rings. The number of aromatic nitrogens is 3. The predicted molar refractivity (Wildman–Crippen MR) is 64.5 cm³/mol. The number of halogens is 1. The fourth-order valence-electron chi connectivity index (χ4n) is 1.51. The van der Waals surface area contributed by atoms with Crippen molar-refractivity contribution < 1.29 is 9.13 Å². The first-order chi connectivity index (χ1) is 8.69. The Bertz CT molecular complexity index is 527. The highest BCUT2D eigenvalue weighted by atomic mass is 19.1. The Morgan fingerprint density at radius 1 is 1.44 bits per heavy atom. The normalized spacial score (nSPS) is 10.6. The van der Waals surface area contributed by atoms with E-state index in [0.717, 1.165) is 5.69 Å². The highest BCUT2D eigenvalue weighted by Crippen LogP contribution is 2.15. The quantitative estimate of drug-likeness (QED) is 0.867. The maximum absolute atomic E-state index is 13.0.